The van der Waals surface area contributed by atoms with Gasteiger partial charge in [-0.1, -0.05) is 12.2 Å². The van der Waals surface area contributed by atoms with Crippen LogP contribution in [0.2, 0.25) is 0 Å². The van der Waals surface area contributed by atoms with E-state index in [2.05, 4.69) is 6.08 Å². The Morgan fingerprint density at radius 2 is 2.18 bits per heavy atom. The number of hydrogen-bond acceptors (Lipinski definition) is 0. The van der Waals surface area contributed by atoms with Crippen molar-refractivity contribution < 1.29 is 4.39 Å². The summed E-state index contributed by atoms with van der Waals surface area (Å²) in [4.78, 5) is 0. The smallest absolute Gasteiger partial charge is 0.124 e. The molecule has 0 N–H and O–H groups in total. The molecule has 0 radical (unpaired) electrons. The Labute approximate surface area is 65.4 Å². The fourth-order valence-electron chi connectivity index (χ4n) is 1.53. The van der Waals surface area contributed by atoms with Crippen LogP contribution < -0.4 is 0 Å². The molecular weight excluding hydrogens is 139 g/mol. The van der Waals surface area contributed by atoms with E-state index in [1.807, 2.05) is 13.0 Å². The van der Waals surface area contributed by atoms with Gasteiger partial charge in [-0.2, -0.15) is 0 Å². The molecule has 0 atom stereocenters. The highest BCUT2D eigenvalue weighted by atomic mass is 19.1. The van der Waals surface area contributed by atoms with Crippen molar-refractivity contribution in [1.82, 2.24) is 0 Å². The van der Waals surface area contributed by atoms with Crippen LogP contribution in [0.1, 0.15) is 16.7 Å². The molecule has 1 aromatic carbocycles. The van der Waals surface area contributed by atoms with Gasteiger partial charge in [-0.3, -0.25) is 0 Å². The first-order chi connectivity index (χ1) is 5.27. The first kappa shape index (κ1) is 6.59. The van der Waals surface area contributed by atoms with Gasteiger partial charge in [-0.25, -0.2) is 4.39 Å². The molecule has 0 spiro atoms. The molecule has 0 bridgehead atoms. The highest BCUT2D eigenvalue weighted by Gasteiger charge is 2.08. The lowest BCUT2D eigenvalue weighted by Gasteiger charge is -2.02. The lowest BCUT2D eigenvalue weighted by atomic mass is 10.0. The fraction of sp³-hybridized carbons (Fsp3) is 0.200. The Balaban J connectivity index is 2.66. The van der Waals surface area contributed by atoms with Crippen LogP contribution in [-0.2, 0) is 6.42 Å². The van der Waals surface area contributed by atoms with Crippen LogP contribution >= 0.6 is 0 Å². The summed E-state index contributed by atoms with van der Waals surface area (Å²) in [5.41, 5.74) is 3.37. The van der Waals surface area contributed by atoms with Crippen LogP contribution in [0.3, 0.4) is 0 Å². The van der Waals surface area contributed by atoms with Crippen molar-refractivity contribution in [1.29, 1.82) is 0 Å². The molecule has 1 heteroatoms. The Bertz CT molecular complexity index is 324. The zero-order valence-corrected chi connectivity index (χ0v) is 6.39. The SMILES string of the molecule is Cc1cc(F)cc2c1CC=C2. The second-order valence-electron chi connectivity index (χ2n) is 2.90. The monoisotopic (exact) mass is 148 g/mol. The van der Waals surface area contributed by atoms with Crippen molar-refractivity contribution in [3.05, 3.63) is 40.7 Å². The lowest BCUT2D eigenvalue weighted by Crippen LogP contribution is -1.88. The van der Waals surface area contributed by atoms with E-state index in [0.29, 0.717) is 0 Å². The molecule has 56 valence electrons. The summed E-state index contributed by atoms with van der Waals surface area (Å²) in [6, 6.07) is 3.18. The van der Waals surface area contributed by atoms with Gasteiger partial charge in [0.2, 0.25) is 0 Å². The fourth-order valence-corrected chi connectivity index (χ4v) is 1.53. The molecule has 1 aromatic rings. The Morgan fingerprint density at radius 3 is 3.00 bits per heavy atom. The van der Waals surface area contributed by atoms with Gasteiger partial charge >= 0.3 is 0 Å². The van der Waals surface area contributed by atoms with E-state index in [1.54, 1.807) is 12.1 Å². The minimum atomic E-state index is -0.132. The van der Waals surface area contributed by atoms with Crippen molar-refractivity contribution in [3.63, 3.8) is 0 Å². The summed E-state index contributed by atoms with van der Waals surface area (Å²) in [6.45, 7) is 1.95. The predicted molar refractivity (Wildman–Crippen MR) is 43.9 cm³/mol. The van der Waals surface area contributed by atoms with Crippen molar-refractivity contribution in [2.75, 3.05) is 0 Å². The predicted octanol–water partition coefficient (Wildman–Crippen LogP) is 2.70. The van der Waals surface area contributed by atoms with Crippen LogP contribution in [-0.4, -0.2) is 0 Å². The largest absolute Gasteiger partial charge is 0.207 e. The summed E-state index contributed by atoms with van der Waals surface area (Å²) in [6.07, 6.45) is 5.00. The minimum Gasteiger partial charge on any atom is -0.207 e. The Hall–Kier alpha value is -1.11. The molecule has 1 aliphatic carbocycles. The standard InChI is InChI=1S/C10H9F/c1-7-5-9(11)6-8-3-2-4-10(7)8/h2-3,5-6H,4H2,1H3. The number of fused-ring (bicyclic) bond motifs is 1. The molecule has 0 amide bonds. The van der Waals surface area contributed by atoms with Gasteiger partial charge < -0.3 is 0 Å². The van der Waals surface area contributed by atoms with Gasteiger partial charge in [0.25, 0.3) is 0 Å². The number of halogens is 1. The maximum absolute atomic E-state index is 12.8. The highest BCUT2D eigenvalue weighted by molar-refractivity contribution is 5.61. The third-order valence-corrected chi connectivity index (χ3v) is 2.09. The van der Waals surface area contributed by atoms with Crippen molar-refractivity contribution >= 4 is 6.08 Å². The van der Waals surface area contributed by atoms with Gasteiger partial charge in [-0.15, -0.1) is 0 Å². The van der Waals surface area contributed by atoms with Crippen molar-refractivity contribution in [2.45, 2.75) is 13.3 Å². The number of allylic oxidation sites excluding steroid dienone is 1. The van der Waals surface area contributed by atoms with E-state index in [-0.39, 0.29) is 5.82 Å². The average molecular weight is 148 g/mol. The molecule has 0 saturated carbocycles. The first-order valence-corrected chi connectivity index (χ1v) is 3.73. The maximum Gasteiger partial charge on any atom is 0.124 e. The quantitative estimate of drug-likeness (QED) is 0.530. The Kier molecular flexibility index (Phi) is 1.31. The van der Waals surface area contributed by atoms with Crippen molar-refractivity contribution in [2.24, 2.45) is 0 Å². The van der Waals surface area contributed by atoms with Gasteiger partial charge in [0.15, 0.2) is 0 Å². The summed E-state index contributed by atoms with van der Waals surface area (Å²) in [5.74, 6) is -0.132. The summed E-state index contributed by atoms with van der Waals surface area (Å²) < 4.78 is 12.8. The van der Waals surface area contributed by atoms with Crippen LogP contribution in [0.5, 0.6) is 0 Å². The molecule has 1 aliphatic rings. The molecule has 0 saturated heterocycles. The zero-order chi connectivity index (χ0) is 7.84. The molecule has 0 aromatic heterocycles. The molecule has 11 heavy (non-hydrogen) atoms. The third kappa shape index (κ3) is 0.967. The second kappa shape index (κ2) is 2.19. The van der Waals surface area contributed by atoms with E-state index in [4.69, 9.17) is 0 Å². The molecule has 0 heterocycles. The number of rotatable bonds is 0. The second-order valence-corrected chi connectivity index (χ2v) is 2.90. The molecular formula is C10H9F. The van der Waals surface area contributed by atoms with E-state index in [0.717, 1.165) is 17.5 Å². The molecule has 0 unspecified atom stereocenters. The maximum atomic E-state index is 12.8. The number of aryl methyl sites for hydroxylation is 1. The van der Waals surface area contributed by atoms with Crippen LogP contribution in [0.15, 0.2) is 18.2 Å². The topological polar surface area (TPSA) is 0 Å². The van der Waals surface area contributed by atoms with E-state index >= 15 is 0 Å². The van der Waals surface area contributed by atoms with Gasteiger partial charge in [0, 0.05) is 0 Å². The van der Waals surface area contributed by atoms with Crippen LogP contribution in [0.25, 0.3) is 6.08 Å². The summed E-state index contributed by atoms with van der Waals surface area (Å²) >= 11 is 0. The third-order valence-electron chi connectivity index (χ3n) is 2.09. The molecule has 0 nitrogen and oxygen atoms in total. The molecule has 2 rings (SSSR count). The minimum absolute atomic E-state index is 0.132. The van der Waals surface area contributed by atoms with Gasteiger partial charge in [-0.05, 0) is 42.2 Å². The lowest BCUT2D eigenvalue weighted by molar-refractivity contribution is 0.625. The Morgan fingerprint density at radius 1 is 1.36 bits per heavy atom. The summed E-state index contributed by atoms with van der Waals surface area (Å²) in [5, 5.41) is 0. The van der Waals surface area contributed by atoms with Crippen LogP contribution in [0.4, 0.5) is 4.39 Å². The van der Waals surface area contributed by atoms with E-state index in [9.17, 15) is 4.39 Å². The number of benzene rings is 1. The average Bonchev–Trinajstić information content (AvgIpc) is 2.34. The van der Waals surface area contributed by atoms with Crippen molar-refractivity contribution in [3.8, 4) is 0 Å². The normalized spacial score (nSPS) is 13.6. The molecule has 0 fully saturated rings. The first-order valence-electron chi connectivity index (χ1n) is 3.73. The number of hydrogen-bond donors (Lipinski definition) is 0. The van der Waals surface area contributed by atoms with E-state index < -0.39 is 0 Å². The zero-order valence-electron chi connectivity index (χ0n) is 6.39. The highest BCUT2D eigenvalue weighted by Crippen LogP contribution is 2.23. The van der Waals surface area contributed by atoms with E-state index in [1.165, 1.54) is 5.56 Å². The molecule has 0 aliphatic heterocycles. The van der Waals surface area contributed by atoms with Gasteiger partial charge in [0.05, 0.1) is 0 Å². The van der Waals surface area contributed by atoms with Crippen LogP contribution in [0, 0.1) is 12.7 Å². The van der Waals surface area contributed by atoms with Gasteiger partial charge in [0.1, 0.15) is 5.82 Å². The summed E-state index contributed by atoms with van der Waals surface area (Å²) in [7, 11) is 0.